The molecule has 0 spiro atoms. The quantitative estimate of drug-likeness (QED) is 0.277. The van der Waals surface area contributed by atoms with Crippen LogP contribution in [0.5, 0.6) is 0 Å². The molecule has 1 saturated carbocycles. The number of esters is 2. The van der Waals surface area contributed by atoms with E-state index in [4.69, 9.17) is 9.47 Å². The number of hydrogen-bond donors (Lipinski definition) is 2. The van der Waals surface area contributed by atoms with Gasteiger partial charge in [0.05, 0.1) is 32.0 Å². The van der Waals surface area contributed by atoms with E-state index in [9.17, 15) is 9.59 Å². The Balaban J connectivity index is 1.46. The van der Waals surface area contributed by atoms with E-state index in [0.717, 1.165) is 26.4 Å². The van der Waals surface area contributed by atoms with E-state index in [1.54, 1.807) is 31.2 Å². The first-order valence-electron chi connectivity index (χ1n) is 15.2. The van der Waals surface area contributed by atoms with Crippen molar-refractivity contribution in [2.45, 2.75) is 30.1 Å². The lowest BCUT2D eigenvalue weighted by molar-refractivity contribution is -0.161. The predicted octanol–water partition coefficient (Wildman–Crippen LogP) is 5.21. The average molecular weight is 682 g/mol. The molecule has 46 heavy (non-hydrogen) atoms. The number of ketones is 2. The van der Waals surface area contributed by atoms with Gasteiger partial charge in [0.1, 0.15) is 17.1 Å². The zero-order valence-electron chi connectivity index (χ0n) is 25.5. The van der Waals surface area contributed by atoms with Crippen LogP contribution in [0.15, 0.2) is 102 Å². The van der Waals surface area contributed by atoms with Crippen molar-refractivity contribution in [1.29, 1.82) is 0 Å². The van der Waals surface area contributed by atoms with E-state index in [1.807, 2.05) is 72.8 Å². The highest BCUT2D eigenvalue weighted by Crippen LogP contribution is 2.59. The van der Waals surface area contributed by atoms with Crippen molar-refractivity contribution in [2.24, 2.45) is 23.7 Å². The molecule has 0 bridgehead atoms. The van der Waals surface area contributed by atoms with E-state index in [2.05, 4.69) is 26.6 Å². The maximum Gasteiger partial charge on any atom is 0.331 e. The molecule has 7 rings (SSSR count). The maximum absolute atomic E-state index is 15.2. The molecule has 2 heterocycles. The first-order valence-corrected chi connectivity index (χ1v) is 16.0. The van der Waals surface area contributed by atoms with E-state index < -0.39 is 58.8 Å². The minimum absolute atomic E-state index is 0.199. The Hall–Kier alpha value is -4.18. The summed E-state index contributed by atoms with van der Waals surface area (Å²) in [4.78, 5) is 58.1. The third-order valence-corrected chi connectivity index (χ3v) is 10.9. The van der Waals surface area contributed by atoms with Crippen LogP contribution in [0.2, 0.25) is 0 Å². The van der Waals surface area contributed by atoms with Gasteiger partial charge in [-0.25, -0.2) is 4.79 Å². The topological polar surface area (TPSA) is 111 Å². The van der Waals surface area contributed by atoms with Crippen LogP contribution in [0.4, 0.5) is 0 Å². The Morgan fingerprint density at radius 2 is 1.26 bits per heavy atom. The number of carbonyl (C=O) groups is 4. The molecule has 1 aliphatic carbocycles. The minimum atomic E-state index is -1.69. The smallest absolute Gasteiger partial charge is 0.331 e. The summed E-state index contributed by atoms with van der Waals surface area (Å²) in [5, 5.41) is 8.89. The summed E-state index contributed by atoms with van der Waals surface area (Å²) in [5.41, 5.74) is -1.18. The van der Waals surface area contributed by atoms with E-state index in [1.165, 1.54) is 14.2 Å². The standard InChI is InChI=1S/C37H33BrN2O6/c1-36(34(43)45-2)28-26(31(39-36)23-14-13-20-9-7-8-10-22(20)19-23)32(41)27-29(33(28)42)37(35(44)46-3,24-11-5-4-6-12-24)40-30(27)21-15-17-25(38)18-16-21/h4-19,26-31,39-40H,1-3H3/t26-,27-,28-,29-,30-,31-,36-,37-/m0/s1. The van der Waals surface area contributed by atoms with Crippen LogP contribution in [0.25, 0.3) is 10.8 Å². The van der Waals surface area contributed by atoms with E-state index >= 15 is 9.59 Å². The summed E-state index contributed by atoms with van der Waals surface area (Å²) < 4.78 is 11.5. The Morgan fingerprint density at radius 1 is 0.674 bits per heavy atom. The van der Waals surface area contributed by atoms with Crippen LogP contribution >= 0.6 is 15.9 Å². The molecule has 234 valence electrons. The normalized spacial score (nSPS) is 31.7. The second-order valence-electron chi connectivity index (χ2n) is 12.6. The Bertz CT molecular complexity index is 1880. The molecular weight excluding hydrogens is 648 g/mol. The number of carbonyl (C=O) groups excluding carboxylic acids is 4. The van der Waals surface area contributed by atoms with Crippen molar-refractivity contribution in [3.63, 3.8) is 0 Å². The molecule has 0 unspecified atom stereocenters. The second kappa shape index (κ2) is 11.3. The minimum Gasteiger partial charge on any atom is -0.468 e. The Labute approximate surface area is 275 Å². The molecule has 4 aromatic carbocycles. The number of rotatable bonds is 5. The Morgan fingerprint density at radius 3 is 1.93 bits per heavy atom. The zero-order valence-corrected chi connectivity index (χ0v) is 27.1. The molecule has 8 nitrogen and oxygen atoms in total. The number of Topliss-reactive ketones (excluding diaryl/α,β-unsaturated/α-hetero) is 2. The maximum atomic E-state index is 15.2. The summed E-state index contributed by atoms with van der Waals surface area (Å²) in [6, 6.07) is 28.9. The van der Waals surface area contributed by atoms with Gasteiger partial charge in [0, 0.05) is 22.5 Å². The summed E-state index contributed by atoms with van der Waals surface area (Å²) >= 11 is 3.49. The number of ether oxygens (including phenoxy) is 2. The molecular formula is C37H33BrN2O6. The molecule has 3 aliphatic rings. The molecule has 4 aromatic rings. The number of fused-ring (bicyclic) bond motifs is 3. The number of hydrogen-bond acceptors (Lipinski definition) is 8. The molecule has 9 heteroatoms. The number of benzene rings is 4. The van der Waals surface area contributed by atoms with Crippen molar-refractivity contribution in [3.05, 3.63) is 118 Å². The van der Waals surface area contributed by atoms with Crippen LogP contribution in [0, 0.1) is 23.7 Å². The molecule has 8 atom stereocenters. The lowest BCUT2D eigenvalue weighted by Crippen LogP contribution is -2.61. The summed E-state index contributed by atoms with van der Waals surface area (Å²) in [7, 11) is 2.55. The van der Waals surface area contributed by atoms with Gasteiger partial charge in [-0.3, -0.25) is 25.0 Å². The summed E-state index contributed by atoms with van der Waals surface area (Å²) in [6.45, 7) is 1.62. The van der Waals surface area contributed by atoms with Crippen LogP contribution in [-0.2, 0) is 34.2 Å². The van der Waals surface area contributed by atoms with Crippen molar-refractivity contribution >= 4 is 50.2 Å². The highest BCUT2D eigenvalue weighted by Gasteiger charge is 2.74. The van der Waals surface area contributed by atoms with Gasteiger partial charge < -0.3 is 9.47 Å². The van der Waals surface area contributed by atoms with Crippen LogP contribution in [-0.4, -0.2) is 43.3 Å². The van der Waals surface area contributed by atoms with Crippen molar-refractivity contribution in [1.82, 2.24) is 10.6 Å². The van der Waals surface area contributed by atoms with Gasteiger partial charge in [-0.2, -0.15) is 0 Å². The molecule has 0 radical (unpaired) electrons. The SMILES string of the molecule is COC(=O)[C@@]1(C)N[C@@H](c2ccc3ccccc3c2)[C@H]2C(=O)[C@H]3[C@@H](C(=O)[C@H]21)[C@](C(=O)OC)(c1ccccc1)N[C@H]3c1ccc(Br)cc1. The molecule has 0 aromatic heterocycles. The van der Waals surface area contributed by atoms with Gasteiger partial charge in [-0.1, -0.05) is 94.8 Å². The monoisotopic (exact) mass is 680 g/mol. The van der Waals surface area contributed by atoms with Crippen LogP contribution in [0.1, 0.15) is 35.7 Å². The van der Waals surface area contributed by atoms with Crippen LogP contribution in [0.3, 0.4) is 0 Å². The number of methoxy groups -OCH3 is 2. The molecule has 0 amide bonds. The first-order chi connectivity index (χ1) is 22.2. The highest BCUT2D eigenvalue weighted by molar-refractivity contribution is 9.10. The number of nitrogens with one attached hydrogen (secondary N) is 2. The number of halogens is 1. The van der Waals surface area contributed by atoms with Crippen molar-refractivity contribution in [2.75, 3.05) is 14.2 Å². The summed E-state index contributed by atoms with van der Waals surface area (Å²) in [6.07, 6.45) is 0. The fourth-order valence-corrected chi connectivity index (χ4v) is 8.61. The lowest BCUT2D eigenvalue weighted by atomic mass is 9.57. The van der Waals surface area contributed by atoms with Gasteiger partial charge in [0.15, 0.2) is 5.54 Å². The molecule has 2 saturated heterocycles. The van der Waals surface area contributed by atoms with E-state index in [0.29, 0.717) is 5.56 Å². The second-order valence-corrected chi connectivity index (χ2v) is 13.5. The molecule has 2 aliphatic heterocycles. The average Bonchev–Trinajstić information content (AvgIpc) is 3.63. The van der Waals surface area contributed by atoms with Crippen molar-refractivity contribution in [3.8, 4) is 0 Å². The molecule has 2 N–H and O–H groups in total. The predicted molar refractivity (Wildman–Crippen MR) is 174 cm³/mol. The fraction of sp³-hybridized carbons (Fsp3) is 0.297. The van der Waals surface area contributed by atoms with Gasteiger partial charge >= 0.3 is 11.9 Å². The first kappa shape index (κ1) is 30.5. The third kappa shape index (κ3) is 4.32. The van der Waals surface area contributed by atoms with Crippen molar-refractivity contribution < 1.29 is 28.7 Å². The fourth-order valence-electron chi connectivity index (χ4n) is 8.34. The summed E-state index contributed by atoms with van der Waals surface area (Å²) in [5.74, 6) is -5.99. The van der Waals surface area contributed by atoms with E-state index in [-0.39, 0.29) is 11.6 Å². The lowest BCUT2D eigenvalue weighted by Gasteiger charge is -2.42. The van der Waals surface area contributed by atoms with Gasteiger partial charge in [0.2, 0.25) is 0 Å². The highest BCUT2D eigenvalue weighted by atomic mass is 79.9. The van der Waals surface area contributed by atoms with Gasteiger partial charge in [0.25, 0.3) is 0 Å². The van der Waals surface area contributed by atoms with Crippen LogP contribution < -0.4 is 10.6 Å². The largest absolute Gasteiger partial charge is 0.468 e. The zero-order chi connectivity index (χ0) is 32.4. The Kier molecular flexibility index (Phi) is 7.46. The van der Waals surface area contributed by atoms with Gasteiger partial charge in [-0.05, 0) is 52.6 Å². The third-order valence-electron chi connectivity index (χ3n) is 10.3. The van der Waals surface area contributed by atoms with Gasteiger partial charge in [-0.15, -0.1) is 0 Å². The molecule has 3 fully saturated rings.